The molecule has 0 radical (unpaired) electrons. The maximum atomic E-state index is 12.6. The van der Waals surface area contributed by atoms with Gasteiger partial charge < -0.3 is 15.0 Å². The third-order valence-corrected chi connectivity index (χ3v) is 4.07. The van der Waals surface area contributed by atoms with E-state index in [1.165, 1.54) is 11.2 Å². The summed E-state index contributed by atoms with van der Waals surface area (Å²) in [7, 11) is 4.93. The number of hydrogen-bond donors (Lipinski definition) is 1. The van der Waals surface area contributed by atoms with E-state index in [0.29, 0.717) is 22.6 Å². The Labute approximate surface area is 163 Å². The molecule has 3 aromatic rings. The van der Waals surface area contributed by atoms with E-state index in [0.717, 1.165) is 11.3 Å². The molecule has 0 saturated carbocycles. The van der Waals surface area contributed by atoms with Crippen molar-refractivity contribution in [1.82, 2.24) is 14.9 Å². The fraction of sp³-hybridized carbons (Fsp3) is 0.143. The molecule has 0 aliphatic rings. The van der Waals surface area contributed by atoms with Crippen molar-refractivity contribution in [3.05, 3.63) is 72.1 Å². The van der Waals surface area contributed by atoms with Crippen LogP contribution in [0, 0.1) is 0 Å². The lowest BCUT2D eigenvalue weighted by atomic mass is 10.1. The molecule has 2 amide bonds. The molecule has 142 valence electrons. The molecule has 1 aromatic heterocycles. The molecule has 1 heterocycles. The summed E-state index contributed by atoms with van der Waals surface area (Å²) >= 11 is 0. The van der Waals surface area contributed by atoms with E-state index in [9.17, 15) is 9.59 Å². The Morgan fingerprint density at radius 2 is 1.68 bits per heavy atom. The highest BCUT2D eigenvalue weighted by atomic mass is 16.5. The van der Waals surface area contributed by atoms with E-state index in [4.69, 9.17) is 4.74 Å². The molecule has 0 spiro atoms. The van der Waals surface area contributed by atoms with E-state index in [1.807, 2.05) is 24.3 Å². The Morgan fingerprint density at radius 1 is 0.964 bits per heavy atom. The number of carbonyl (C=O) groups is 2. The average Bonchev–Trinajstić information content (AvgIpc) is 2.73. The Morgan fingerprint density at radius 3 is 2.36 bits per heavy atom. The quantitative estimate of drug-likeness (QED) is 0.740. The van der Waals surface area contributed by atoms with Gasteiger partial charge in [0.25, 0.3) is 11.8 Å². The lowest BCUT2D eigenvalue weighted by Gasteiger charge is -2.11. The number of hydrogen-bond acceptors (Lipinski definition) is 5. The third-order valence-electron chi connectivity index (χ3n) is 4.07. The monoisotopic (exact) mass is 376 g/mol. The van der Waals surface area contributed by atoms with Crippen molar-refractivity contribution in [2.75, 3.05) is 26.5 Å². The molecule has 0 aliphatic carbocycles. The van der Waals surface area contributed by atoms with Crippen molar-refractivity contribution < 1.29 is 14.3 Å². The second-order valence-corrected chi connectivity index (χ2v) is 6.25. The molecule has 0 bridgehead atoms. The molecule has 1 N–H and O–H groups in total. The van der Waals surface area contributed by atoms with Crippen LogP contribution in [-0.2, 0) is 0 Å². The van der Waals surface area contributed by atoms with E-state index < -0.39 is 0 Å². The lowest BCUT2D eigenvalue weighted by Crippen LogP contribution is -2.22. The minimum atomic E-state index is -0.354. The fourth-order valence-corrected chi connectivity index (χ4v) is 2.59. The molecule has 7 heteroatoms. The Bertz CT molecular complexity index is 1000. The Hall–Kier alpha value is -3.74. The van der Waals surface area contributed by atoms with Crippen LogP contribution in [-0.4, -0.2) is 47.9 Å². The van der Waals surface area contributed by atoms with Gasteiger partial charge in [-0.25, -0.2) is 9.97 Å². The minimum Gasteiger partial charge on any atom is -0.497 e. The number of benzene rings is 2. The van der Waals surface area contributed by atoms with Gasteiger partial charge in [0, 0.05) is 36.9 Å². The summed E-state index contributed by atoms with van der Waals surface area (Å²) in [6.45, 7) is 0. The zero-order valence-electron chi connectivity index (χ0n) is 15.8. The number of amides is 2. The summed E-state index contributed by atoms with van der Waals surface area (Å²) in [5.74, 6) is 0.597. The van der Waals surface area contributed by atoms with Gasteiger partial charge in [0.1, 0.15) is 17.9 Å². The molecule has 28 heavy (non-hydrogen) atoms. The van der Waals surface area contributed by atoms with Crippen LogP contribution in [0.2, 0.25) is 0 Å². The highest BCUT2D eigenvalue weighted by Crippen LogP contribution is 2.22. The van der Waals surface area contributed by atoms with Crippen LogP contribution >= 0.6 is 0 Å². The minimum absolute atomic E-state index is 0.168. The van der Waals surface area contributed by atoms with E-state index in [2.05, 4.69) is 15.3 Å². The molecule has 2 aromatic carbocycles. The van der Waals surface area contributed by atoms with Gasteiger partial charge in [-0.3, -0.25) is 9.59 Å². The molecular formula is C21H20N4O3. The number of rotatable bonds is 5. The van der Waals surface area contributed by atoms with Crippen molar-refractivity contribution in [2.24, 2.45) is 0 Å². The van der Waals surface area contributed by atoms with Crippen LogP contribution in [0.1, 0.15) is 20.7 Å². The number of methoxy groups -OCH3 is 1. The first kappa shape index (κ1) is 19.0. The number of nitrogens with zero attached hydrogens (tertiary/aromatic N) is 3. The van der Waals surface area contributed by atoms with Gasteiger partial charge in [0.2, 0.25) is 0 Å². The first-order valence-corrected chi connectivity index (χ1v) is 8.57. The zero-order chi connectivity index (χ0) is 20.1. The zero-order valence-corrected chi connectivity index (χ0v) is 15.8. The van der Waals surface area contributed by atoms with Gasteiger partial charge in [0.15, 0.2) is 0 Å². The van der Waals surface area contributed by atoms with Gasteiger partial charge in [-0.2, -0.15) is 0 Å². The van der Waals surface area contributed by atoms with Gasteiger partial charge in [0.05, 0.1) is 12.8 Å². The highest BCUT2D eigenvalue weighted by Gasteiger charge is 2.13. The van der Waals surface area contributed by atoms with Crippen molar-refractivity contribution in [3.8, 4) is 17.0 Å². The predicted octanol–water partition coefficient (Wildman–Crippen LogP) is 3.11. The number of ether oxygens (including phenoxy) is 1. The van der Waals surface area contributed by atoms with Crippen LogP contribution in [0.5, 0.6) is 5.75 Å². The Balaban J connectivity index is 1.79. The number of aromatic nitrogens is 2. The van der Waals surface area contributed by atoms with Crippen molar-refractivity contribution in [1.29, 1.82) is 0 Å². The largest absolute Gasteiger partial charge is 0.497 e. The van der Waals surface area contributed by atoms with Crippen LogP contribution in [0.25, 0.3) is 11.3 Å². The van der Waals surface area contributed by atoms with Crippen molar-refractivity contribution in [2.45, 2.75) is 0 Å². The molecule has 7 nitrogen and oxygen atoms in total. The fourth-order valence-electron chi connectivity index (χ4n) is 2.59. The summed E-state index contributed by atoms with van der Waals surface area (Å²) in [6, 6.07) is 15.7. The first-order chi connectivity index (χ1) is 13.5. The van der Waals surface area contributed by atoms with Gasteiger partial charge in [-0.05, 0) is 42.5 Å². The smallest absolute Gasteiger partial charge is 0.256 e. The van der Waals surface area contributed by atoms with Crippen LogP contribution in [0.4, 0.5) is 5.82 Å². The predicted molar refractivity (Wildman–Crippen MR) is 106 cm³/mol. The van der Waals surface area contributed by atoms with Crippen molar-refractivity contribution in [3.63, 3.8) is 0 Å². The van der Waals surface area contributed by atoms with E-state index >= 15 is 0 Å². The van der Waals surface area contributed by atoms with Gasteiger partial charge >= 0.3 is 0 Å². The SMILES string of the molecule is COc1ccc(-c2cc(NC(=O)c3cccc(C(=O)N(C)C)c3)ncn2)cc1. The number of nitrogens with one attached hydrogen (secondary N) is 1. The molecular weight excluding hydrogens is 356 g/mol. The summed E-state index contributed by atoms with van der Waals surface area (Å²) in [5, 5.41) is 2.75. The maximum absolute atomic E-state index is 12.6. The normalized spacial score (nSPS) is 10.2. The van der Waals surface area contributed by atoms with Crippen LogP contribution in [0.3, 0.4) is 0 Å². The standard InChI is InChI=1S/C21H20N4O3/c1-25(2)21(27)16-6-4-5-15(11-16)20(26)24-19-12-18(22-13-23-19)14-7-9-17(28-3)10-8-14/h4-13H,1-3H3,(H,22,23,24,26). The Kier molecular flexibility index (Phi) is 5.64. The second-order valence-electron chi connectivity index (χ2n) is 6.25. The van der Waals surface area contributed by atoms with Crippen molar-refractivity contribution >= 4 is 17.6 Å². The molecule has 0 unspecified atom stereocenters. The highest BCUT2D eigenvalue weighted by molar-refractivity contribution is 6.05. The van der Waals surface area contributed by atoms with E-state index in [1.54, 1.807) is 51.5 Å². The van der Waals surface area contributed by atoms with E-state index in [-0.39, 0.29) is 11.8 Å². The summed E-state index contributed by atoms with van der Waals surface area (Å²) in [6.07, 6.45) is 1.39. The summed E-state index contributed by atoms with van der Waals surface area (Å²) in [5.41, 5.74) is 2.36. The molecule has 0 fully saturated rings. The molecule has 3 rings (SSSR count). The third kappa shape index (κ3) is 4.32. The second kappa shape index (κ2) is 8.30. The number of anilines is 1. The average molecular weight is 376 g/mol. The van der Waals surface area contributed by atoms with Gasteiger partial charge in [-0.15, -0.1) is 0 Å². The van der Waals surface area contributed by atoms with Crippen LogP contribution < -0.4 is 10.1 Å². The molecule has 0 atom stereocenters. The number of carbonyl (C=O) groups excluding carboxylic acids is 2. The molecule has 0 saturated heterocycles. The maximum Gasteiger partial charge on any atom is 0.256 e. The topological polar surface area (TPSA) is 84.4 Å². The summed E-state index contributed by atoms with van der Waals surface area (Å²) < 4.78 is 5.15. The molecule has 0 aliphatic heterocycles. The first-order valence-electron chi connectivity index (χ1n) is 8.57. The lowest BCUT2D eigenvalue weighted by molar-refractivity contribution is 0.0827. The van der Waals surface area contributed by atoms with Crippen LogP contribution in [0.15, 0.2) is 60.9 Å². The summed E-state index contributed by atoms with van der Waals surface area (Å²) in [4.78, 5) is 34.5. The van der Waals surface area contributed by atoms with Gasteiger partial charge in [-0.1, -0.05) is 6.07 Å².